The van der Waals surface area contributed by atoms with Gasteiger partial charge in [0.15, 0.2) is 0 Å². The summed E-state index contributed by atoms with van der Waals surface area (Å²) in [5.74, 6) is 0. The Hall–Kier alpha value is -2.02. The van der Waals surface area contributed by atoms with Crippen molar-refractivity contribution < 1.29 is 18.0 Å². The Bertz CT molecular complexity index is 401. The maximum Gasteiger partial charge on any atom is 0.389 e. The Morgan fingerprint density at radius 2 is 1.89 bits per heavy atom. The molecule has 0 amide bonds. The van der Waals surface area contributed by atoms with E-state index in [9.17, 15) is 13.2 Å². The molecule has 0 fully saturated rings. The minimum atomic E-state index is -4.40. The van der Waals surface area contributed by atoms with E-state index in [1.165, 1.54) is 13.0 Å². The van der Waals surface area contributed by atoms with Crippen LogP contribution in [0.5, 0.6) is 0 Å². The number of rotatable bonds is 7. The number of halogens is 3. The molecule has 7 heteroatoms. The summed E-state index contributed by atoms with van der Waals surface area (Å²) in [5, 5.41) is 21.5. The molecule has 0 radical (unpaired) electrons. The third-order valence-electron chi connectivity index (χ3n) is 2.23. The molecule has 0 aliphatic carbocycles. The molecule has 0 aliphatic heterocycles. The Labute approximate surface area is 109 Å². The summed E-state index contributed by atoms with van der Waals surface area (Å²) in [4.78, 5) is 4.75. The van der Waals surface area contributed by atoms with Crippen LogP contribution in [0.25, 0.3) is 0 Å². The number of hydrogen-bond acceptors (Lipinski definition) is 4. The topological polar surface area (TPSA) is 69.2 Å². The summed E-state index contributed by atoms with van der Waals surface area (Å²) in [6, 6.07) is 3.28. The van der Waals surface area contributed by atoms with Crippen LogP contribution in [0, 0.1) is 28.1 Å². The van der Waals surface area contributed by atoms with Gasteiger partial charge in [0.1, 0.15) is 12.0 Å². The second-order valence-electron chi connectivity index (χ2n) is 4.01. The second-order valence-corrected chi connectivity index (χ2v) is 4.01. The average Bonchev–Trinajstić information content (AvgIpc) is 2.34. The third kappa shape index (κ3) is 7.10. The highest BCUT2D eigenvalue weighted by Crippen LogP contribution is 2.33. The van der Waals surface area contributed by atoms with Gasteiger partial charge in [-0.2, -0.15) is 23.7 Å². The van der Waals surface area contributed by atoms with E-state index in [2.05, 4.69) is 11.7 Å². The maximum atomic E-state index is 12.2. The van der Waals surface area contributed by atoms with Crippen LogP contribution in [-0.4, -0.2) is 18.5 Å². The van der Waals surface area contributed by atoms with E-state index in [0.717, 1.165) is 0 Å². The highest BCUT2D eigenvalue weighted by Gasteiger charge is 2.37. The summed E-state index contributed by atoms with van der Waals surface area (Å²) in [6.07, 6.45) is -4.91. The predicted molar refractivity (Wildman–Crippen MR) is 62.8 cm³/mol. The molecular formula is C12H14F3N3O. The molecule has 0 aromatic rings. The van der Waals surface area contributed by atoms with Crippen LogP contribution in [0.4, 0.5) is 13.2 Å². The number of alkyl halides is 3. The lowest BCUT2D eigenvalue weighted by molar-refractivity contribution is -0.138. The first-order chi connectivity index (χ1) is 8.78. The first-order valence-corrected chi connectivity index (χ1v) is 5.44. The summed E-state index contributed by atoms with van der Waals surface area (Å²) in [7, 11) is 0. The molecule has 0 N–H and O–H groups in total. The Kier molecular flexibility index (Phi) is 6.63. The van der Waals surface area contributed by atoms with Crippen molar-refractivity contribution in [1.29, 1.82) is 10.5 Å². The van der Waals surface area contributed by atoms with E-state index in [1.54, 1.807) is 12.1 Å². The molecule has 0 spiro atoms. The molecule has 0 bridgehead atoms. The van der Waals surface area contributed by atoms with Gasteiger partial charge in [-0.1, -0.05) is 17.8 Å². The monoisotopic (exact) mass is 273 g/mol. The zero-order valence-electron chi connectivity index (χ0n) is 10.5. The molecule has 0 unspecified atom stereocenters. The van der Waals surface area contributed by atoms with E-state index in [-0.39, 0.29) is 18.7 Å². The zero-order valence-corrected chi connectivity index (χ0v) is 10.5. The average molecular weight is 273 g/mol. The van der Waals surface area contributed by atoms with E-state index >= 15 is 0 Å². The molecular weight excluding hydrogens is 259 g/mol. The maximum absolute atomic E-state index is 12.2. The largest absolute Gasteiger partial charge is 0.392 e. The van der Waals surface area contributed by atoms with Crippen LogP contribution in [0.3, 0.4) is 0 Å². The van der Waals surface area contributed by atoms with Gasteiger partial charge in [0.05, 0.1) is 17.9 Å². The first kappa shape index (κ1) is 17.0. The standard InChI is InChI=1S/C12H14F3N3O/c1-3-6-19-18-10(2)7-11(8-16,9-17)4-5-12(13,14)15/h3H,1,4-7H2,2H3. The quantitative estimate of drug-likeness (QED) is 0.309. The van der Waals surface area contributed by atoms with Crippen molar-refractivity contribution in [1.82, 2.24) is 0 Å². The molecule has 0 saturated heterocycles. The van der Waals surface area contributed by atoms with Gasteiger partial charge in [-0.3, -0.25) is 0 Å². The molecule has 0 heterocycles. The fraction of sp³-hybridized carbons (Fsp3) is 0.583. The molecule has 19 heavy (non-hydrogen) atoms. The van der Waals surface area contributed by atoms with Gasteiger partial charge in [0, 0.05) is 12.8 Å². The molecule has 0 atom stereocenters. The normalized spacial score (nSPS) is 12.4. The summed E-state index contributed by atoms with van der Waals surface area (Å²) in [6.45, 7) is 5.03. The molecule has 4 nitrogen and oxygen atoms in total. The van der Waals surface area contributed by atoms with Gasteiger partial charge >= 0.3 is 6.18 Å². The van der Waals surface area contributed by atoms with Crippen LogP contribution >= 0.6 is 0 Å². The fourth-order valence-electron chi connectivity index (χ4n) is 1.33. The first-order valence-electron chi connectivity index (χ1n) is 5.44. The minimum Gasteiger partial charge on any atom is -0.392 e. The van der Waals surface area contributed by atoms with Gasteiger partial charge in [-0.25, -0.2) is 0 Å². The fourth-order valence-corrected chi connectivity index (χ4v) is 1.33. The van der Waals surface area contributed by atoms with Crippen molar-refractivity contribution in [3.63, 3.8) is 0 Å². The molecule has 0 aliphatic rings. The smallest absolute Gasteiger partial charge is 0.389 e. The Morgan fingerprint density at radius 1 is 1.32 bits per heavy atom. The summed E-state index contributed by atoms with van der Waals surface area (Å²) >= 11 is 0. The van der Waals surface area contributed by atoms with Crippen molar-refractivity contribution in [2.75, 3.05) is 6.61 Å². The Balaban J connectivity index is 4.73. The van der Waals surface area contributed by atoms with Crippen molar-refractivity contribution in [3.8, 4) is 12.1 Å². The molecule has 0 saturated carbocycles. The van der Waals surface area contributed by atoms with Crippen LogP contribution < -0.4 is 0 Å². The van der Waals surface area contributed by atoms with Crippen molar-refractivity contribution in [2.45, 2.75) is 32.4 Å². The van der Waals surface area contributed by atoms with E-state index in [4.69, 9.17) is 15.4 Å². The lowest BCUT2D eigenvalue weighted by atomic mass is 9.81. The molecule has 0 aromatic carbocycles. The number of oxime groups is 1. The SMILES string of the molecule is C=CCON=C(C)CC(C#N)(C#N)CCC(F)(F)F. The highest BCUT2D eigenvalue weighted by atomic mass is 19.4. The van der Waals surface area contributed by atoms with Crippen LogP contribution in [0.2, 0.25) is 0 Å². The summed E-state index contributed by atoms with van der Waals surface area (Å²) in [5.41, 5.74) is -1.45. The van der Waals surface area contributed by atoms with Gasteiger partial charge in [0.25, 0.3) is 0 Å². The van der Waals surface area contributed by atoms with Gasteiger partial charge in [-0.15, -0.1) is 0 Å². The number of nitrogens with zero attached hydrogens (tertiary/aromatic N) is 3. The Morgan fingerprint density at radius 3 is 2.32 bits per heavy atom. The van der Waals surface area contributed by atoms with E-state index in [0.29, 0.717) is 0 Å². The van der Waals surface area contributed by atoms with Crippen LogP contribution in [0.1, 0.15) is 26.2 Å². The number of nitriles is 2. The minimum absolute atomic E-state index is 0.145. The summed E-state index contributed by atoms with van der Waals surface area (Å²) < 4.78 is 36.5. The van der Waals surface area contributed by atoms with Crippen molar-refractivity contribution in [3.05, 3.63) is 12.7 Å². The predicted octanol–water partition coefficient (Wildman–Crippen LogP) is 3.33. The van der Waals surface area contributed by atoms with Gasteiger partial charge < -0.3 is 4.84 Å². The van der Waals surface area contributed by atoms with Crippen LogP contribution in [0.15, 0.2) is 17.8 Å². The van der Waals surface area contributed by atoms with Crippen LogP contribution in [-0.2, 0) is 4.84 Å². The zero-order chi connectivity index (χ0) is 14.9. The lowest BCUT2D eigenvalue weighted by Crippen LogP contribution is -2.23. The van der Waals surface area contributed by atoms with Crippen molar-refractivity contribution in [2.24, 2.45) is 10.6 Å². The van der Waals surface area contributed by atoms with E-state index < -0.39 is 24.4 Å². The number of hydrogen-bond donors (Lipinski definition) is 0. The molecule has 0 rings (SSSR count). The highest BCUT2D eigenvalue weighted by molar-refractivity contribution is 5.82. The lowest BCUT2D eigenvalue weighted by Gasteiger charge is -2.18. The van der Waals surface area contributed by atoms with Gasteiger partial charge in [-0.05, 0) is 13.3 Å². The molecule has 104 valence electrons. The van der Waals surface area contributed by atoms with Crippen molar-refractivity contribution >= 4 is 5.71 Å². The molecule has 0 aromatic heterocycles. The third-order valence-corrected chi connectivity index (χ3v) is 2.23. The van der Waals surface area contributed by atoms with Gasteiger partial charge in [0.2, 0.25) is 0 Å². The van der Waals surface area contributed by atoms with E-state index in [1.807, 2.05) is 0 Å². The second kappa shape index (κ2) is 7.42.